The quantitative estimate of drug-likeness (QED) is 0.534. The number of benzene rings is 3. The van der Waals surface area contributed by atoms with Crippen molar-refractivity contribution in [3.63, 3.8) is 0 Å². The zero-order valence-corrected chi connectivity index (χ0v) is 16.0. The summed E-state index contributed by atoms with van der Waals surface area (Å²) in [4.78, 5) is 24.9. The number of ether oxygens (including phenoxy) is 1. The van der Waals surface area contributed by atoms with Crippen LogP contribution in [0.15, 0.2) is 84.4 Å². The minimum Gasteiger partial charge on any atom is -0.489 e. The van der Waals surface area contributed by atoms with Gasteiger partial charge in [-0.15, -0.1) is 0 Å². The van der Waals surface area contributed by atoms with E-state index in [9.17, 15) is 9.59 Å². The number of hydrazine groups is 1. The van der Waals surface area contributed by atoms with Crippen LogP contribution in [0.5, 0.6) is 5.75 Å². The van der Waals surface area contributed by atoms with Gasteiger partial charge in [-0.25, -0.2) is 5.01 Å². The fraction of sp³-hybridized carbons (Fsp3) is 0.0833. The molecule has 5 heteroatoms. The van der Waals surface area contributed by atoms with Crippen LogP contribution in [0.2, 0.25) is 0 Å². The van der Waals surface area contributed by atoms with Crippen molar-refractivity contribution < 1.29 is 14.3 Å². The number of hydrogen-bond donors (Lipinski definition) is 1. The second-order valence-corrected chi connectivity index (χ2v) is 6.82. The molecule has 1 heterocycles. The Kier molecular flexibility index (Phi) is 5.12. The third kappa shape index (κ3) is 4.19. The molecule has 0 unspecified atom stereocenters. The van der Waals surface area contributed by atoms with Crippen molar-refractivity contribution in [3.05, 3.63) is 101 Å². The second kappa shape index (κ2) is 8.02. The monoisotopic (exact) mass is 384 g/mol. The van der Waals surface area contributed by atoms with Gasteiger partial charge in [0.25, 0.3) is 11.8 Å². The summed E-state index contributed by atoms with van der Waals surface area (Å²) in [6.07, 6.45) is 1.59. The summed E-state index contributed by atoms with van der Waals surface area (Å²) in [6, 6.07) is 24.5. The average molecular weight is 384 g/mol. The largest absolute Gasteiger partial charge is 0.489 e. The number of nitrogens with zero attached hydrogens (tertiary/aromatic N) is 1. The van der Waals surface area contributed by atoms with Crippen molar-refractivity contribution in [2.75, 3.05) is 5.01 Å². The van der Waals surface area contributed by atoms with Crippen LogP contribution in [-0.4, -0.2) is 11.8 Å². The summed E-state index contributed by atoms with van der Waals surface area (Å²) < 4.78 is 5.80. The van der Waals surface area contributed by atoms with E-state index in [1.165, 1.54) is 10.6 Å². The van der Waals surface area contributed by atoms with Crippen LogP contribution in [0, 0.1) is 6.92 Å². The summed E-state index contributed by atoms with van der Waals surface area (Å²) in [5, 5.41) is 1.26. The Morgan fingerprint density at radius 1 is 0.897 bits per heavy atom. The Hall–Kier alpha value is -3.86. The molecule has 0 saturated carbocycles. The van der Waals surface area contributed by atoms with Gasteiger partial charge in [0.15, 0.2) is 0 Å². The van der Waals surface area contributed by atoms with Gasteiger partial charge in [0.2, 0.25) is 0 Å². The molecule has 0 radical (unpaired) electrons. The predicted octanol–water partition coefficient (Wildman–Crippen LogP) is 4.04. The molecule has 1 saturated heterocycles. The molecule has 3 aromatic rings. The van der Waals surface area contributed by atoms with Gasteiger partial charge in [-0.3, -0.25) is 15.0 Å². The summed E-state index contributed by atoms with van der Waals surface area (Å²) in [5.41, 5.74) is 6.37. The number of nitrogens with one attached hydrogen (secondary N) is 1. The summed E-state index contributed by atoms with van der Waals surface area (Å²) in [6.45, 7) is 2.53. The molecule has 0 atom stereocenters. The maximum atomic E-state index is 12.6. The van der Waals surface area contributed by atoms with Gasteiger partial charge in [-0.1, -0.05) is 60.2 Å². The third-order valence-corrected chi connectivity index (χ3v) is 4.62. The van der Waals surface area contributed by atoms with Crippen molar-refractivity contribution in [3.8, 4) is 5.75 Å². The molecule has 1 aliphatic heterocycles. The fourth-order valence-electron chi connectivity index (χ4n) is 2.99. The Morgan fingerprint density at radius 3 is 2.28 bits per heavy atom. The molecule has 0 aromatic heterocycles. The summed E-state index contributed by atoms with van der Waals surface area (Å²) >= 11 is 0. The van der Waals surface area contributed by atoms with Gasteiger partial charge >= 0.3 is 0 Å². The highest BCUT2D eigenvalue weighted by Crippen LogP contribution is 2.22. The van der Waals surface area contributed by atoms with E-state index in [-0.39, 0.29) is 11.5 Å². The number of amides is 2. The molecule has 0 bridgehead atoms. The molecule has 0 aliphatic carbocycles. The first-order valence-corrected chi connectivity index (χ1v) is 9.31. The minimum atomic E-state index is -0.418. The van der Waals surface area contributed by atoms with Gasteiger partial charge in [-0.05, 0) is 48.4 Å². The lowest BCUT2D eigenvalue weighted by Crippen LogP contribution is -2.35. The van der Waals surface area contributed by atoms with Crippen molar-refractivity contribution in [1.29, 1.82) is 0 Å². The third-order valence-electron chi connectivity index (χ3n) is 4.62. The van der Waals surface area contributed by atoms with Crippen LogP contribution in [0.4, 0.5) is 5.69 Å². The van der Waals surface area contributed by atoms with E-state index in [2.05, 4.69) is 17.6 Å². The van der Waals surface area contributed by atoms with E-state index in [0.29, 0.717) is 12.3 Å². The van der Waals surface area contributed by atoms with Gasteiger partial charge in [-0.2, -0.15) is 0 Å². The van der Waals surface area contributed by atoms with E-state index in [0.717, 1.165) is 16.9 Å². The van der Waals surface area contributed by atoms with Gasteiger partial charge < -0.3 is 4.74 Å². The van der Waals surface area contributed by atoms with Crippen molar-refractivity contribution in [2.24, 2.45) is 0 Å². The fourth-order valence-corrected chi connectivity index (χ4v) is 2.99. The topological polar surface area (TPSA) is 58.6 Å². The molecule has 5 nitrogen and oxygen atoms in total. The van der Waals surface area contributed by atoms with Crippen molar-refractivity contribution >= 4 is 23.6 Å². The summed E-state index contributed by atoms with van der Waals surface area (Å²) in [7, 11) is 0. The van der Waals surface area contributed by atoms with Gasteiger partial charge in [0.05, 0.1) is 5.69 Å². The van der Waals surface area contributed by atoms with Crippen LogP contribution in [0.3, 0.4) is 0 Å². The molecule has 0 spiro atoms. The zero-order chi connectivity index (χ0) is 20.2. The standard InChI is InChI=1S/C24H20N2O3/c1-17-7-9-19(10-8-17)16-29-21-13-11-18(12-14-21)15-22-23(27)25-26(24(22)28)20-5-3-2-4-6-20/h2-15H,16H2,1H3,(H,25,27). The highest BCUT2D eigenvalue weighted by molar-refractivity contribution is 6.31. The molecule has 2 amide bonds. The number of anilines is 1. The smallest absolute Gasteiger partial charge is 0.282 e. The Morgan fingerprint density at radius 2 is 1.59 bits per heavy atom. The van der Waals surface area contributed by atoms with Crippen LogP contribution >= 0.6 is 0 Å². The second-order valence-electron chi connectivity index (χ2n) is 6.82. The van der Waals surface area contributed by atoms with Crippen LogP contribution in [0.25, 0.3) is 6.08 Å². The molecular weight excluding hydrogens is 364 g/mol. The first kappa shape index (κ1) is 18.5. The molecule has 1 N–H and O–H groups in total. The molecule has 144 valence electrons. The first-order chi connectivity index (χ1) is 14.1. The molecule has 29 heavy (non-hydrogen) atoms. The van der Waals surface area contributed by atoms with Gasteiger partial charge in [0, 0.05) is 0 Å². The highest BCUT2D eigenvalue weighted by atomic mass is 16.5. The Balaban J connectivity index is 1.45. The molecule has 3 aromatic carbocycles. The van der Waals surface area contributed by atoms with Crippen LogP contribution in [-0.2, 0) is 16.2 Å². The Labute approximate surface area is 169 Å². The maximum absolute atomic E-state index is 12.6. The number of rotatable bonds is 5. The molecule has 4 rings (SSSR count). The number of carbonyl (C=O) groups excluding carboxylic acids is 2. The number of aryl methyl sites for hydroxylation is 1. The first-order valence-electron chi connectivity index (χ1n) is 9.31. The predicted molar refractivity (Wildman–Crippen MR) is 112 cm³/mol. The number of carbonyl (C=O) groups is 2. The van der Waals surface area contributed by atoms with Gasteiger partial charge in [0.1, 0.15) is 17.9 Å². The van der Waals surface area contributed by atoms with Crippen molar-refractivity contribution in [1.82, 2.24) is 5.43 Å². The zero-order valence-electron chi connectivity index (χ0n) is 16.0. The van der Waals surface area contributed by atoms with Crippen molar-refractivity contribution in [2.45, 2.75) is 13.5 Å². The van der Waals surface area contributed by atoms with Crippen LogP contribution in [0.1, 0.15) is 16.7 Å². The van der Waals surface area contributed by atoms with E-state index in [1.807, 2.05) is 61.5 Å². The van der Waals surface area contributed by atoms with E-state index >= 15 is 0 Å². The lowest BCUT2D eigenvalue weighted by Gasteiger charge is -2.13. The SMILES string of the molecule is Cc1ccc(COc2ccc(C=C3C(=O)NN(c4ccccc4)C3=O)cc2)cc1. The highest BCUT2D eigenvalue weighted by Gasteiger charge is 2.34. The Bertz CT molecular complexity index is 1060. The van der Waals surface area contributed by atoms with Crippen LogP contribution < -0.4 is 15.2 Å². The van der Waals surface area contributed by atoms with E-state index in [1.54, 1.807) is 18.2 Å². The van der Waals surface area contributed by atoms with E-state index in [4.69, 9.17) is 4.74 Å². The van der Waals surface area contributed by atoms with E-state index < -0.39 is 5.91 Å². The normalized spacial score (nSPS) is 14.9. The minimum absolute atomic E-state index is 0.0992. The summed E-state index contributed by atoms with van der Waals surface area (Å²) in [5.74, 6) is -0.0692. The lowest BCUT2D eigenvalue weighted by molar-refractivity contribution is -0.117. The average Bonchev–Trinajstić information content (AvgIpc) is 3.03. The number of para-hydroxylation sites is 1. The molecular formula is C24H20N2O3. The molecule has 1 aliphatic rings. The number of hydrogen-bond acceptors (Lipinski definition) is 3. The lowest BCUT2D eigenvalue weighted by atomic mass is 10.1. The molecule has 1 fully saturated rings. The maximum Gasteiger partial charge on any atom is 0.282 e.